The predicted octanol–water partition coefficient (Wildman–Crippen LogP) is 2.36. The van der Waals surface area contributed by atoms with Crippen molar-refractivity contribution < 1.29 is 14.0 Å². The summed E-state index contributed by atoms with van der Waals surface area (Å²) in [6.45, 7) is 1.28. The maximum atomic E-state index is 13.9. The lowest BCUT2D eigenvalue weighted by Crippen LogP contribution is -2.31. The molecule has 3 rings (SSSR count). The smallest absolute Gasteiger partial charge is 0.221 e. The van der Waals surface area contributed by atoms with Crippen molar-refractivity contribution in [1.29, 1.82) is 0 Å². The quantitative estimate of drug-likeness (QED) is 0.901. The molecule has 0 saturated carbocycles. The lowest BCUT2D eigenvalue weighted by Gasteiger charge is -2.15. The van der Waals surface area contributed by atoms with Gasteiger partial charge in [-0.1, -0.05) is 12.1 Å². The van der Waals surface area contributed by atoms with Gasteiger partial charge in [-0.05, 0) is 26.2 Å². The number of aromatic nitrogens is 1. The predicted molar refractivity (Wildman–Crippen MR) is 90.8 cm³/mol. The lowest BCUT2D eigenvalue weighted by molar-refractivity contribution is 0.0978. The number of nitrogens with one attached hydrogen (secondary N) is 1. The molecular formula is C17H16FN3O2S. The monoisotopic (exact) mass is 345 g/mol. The van der Waals surface area contributed by atoms with Crippen molar-refractivity contribution in [1.82, 2.24) is 15.2 Å². The minimum absolute atomic E-state index is 0.0985. The minimum Gasteiger partial charge on any atom is -0.380 e. The summed E-state index contributed by atoms with van der Waals surface area (Å²) in [6, 6.07) is 6.18. The molecule has 1 aromatic heterocycles. The summed E-state index contributed by atoms with van der Waals surface area (Å²) < 4.78 is 13.9. The van der Waals surface area contributed by atoms with Crippen LogP contribution in [-0.2, 0) is 0 Å². The molecule has 0 fully saturated rings. The largest absolute Gasteiger partial charge is 0.380 e. The van der Waals surface area contributed by atoms with Crippen LogP contribution in [0.3, 0.4) is 0 Å². The number of likely N-dealkylation sites (N-methyl/N-ethyl adjacent to an activating group) is 1. The number of rotatable bonds is 5. The molecule has 5 nitrogen and oxygen atoms in total. The third kappa shape index (κ3) is 3.13. The highest BCUT2D eigenvalue weighted by Crippen LogP contribution is 2.33. The zero-order valence-electron chi connectivity index (χ0n) is 13.3. The molecule has 0 amide bonds. The van der Waals surface area contributed by atoms with Gasteiger partial charge in [-0.25, -0.2) is 9.37 Å². The van der Waals surface area contributed by atoms with Crippen LogP contribution in [0.5, 0.6) is 0 Å². The van der Waals surface area contributed by atoms with E-state index in [1.165, 1.54) is 12.1 Å². The molecule has 0 radical (unpaired) electrons. The maximum Gasteiger partial charge on any atom is 0.221 e. The zero-order chi connectivity index (χ0) is 17.3. The van der Waals surface area contributed by atoms with Crippen molar-refractivity contribution in [3.05, 3.63) is 52.4 Å². The third-order valence-corrected chi connectivity index (χ3v) is 4.65. The SMILES string of the molecule is CN(C)CCNC1=CC(=O)c2nc(-c3ccccc3F)sc2C1=O. The van der Waals surface area contributed by atoms with E-state index in [4.69, 9.17) is 0 Å². The van der Waals surface area contributed by atoms with Gasteiger partial charge < -0.3 is 10.2 Å². The normalized spacial score (nSPS) is 13.9. The Morgan fingerprint density at radius 2 is 2.00 bits per heavy atom. The number of allylic oxidation sites excluding steroid dienone is 2. The number of halogens is 1. The number of hydrogen-bond donors (Lipinski definition) is 1. The van der Waals surface area contributed by atoms with Gasteiger partial charge in [-0.2, -0.15) is 0 Å². The third-order valence-electron chi connectivity index (χ3n) is 3.57. The number of benzene rings is 1. The van der Waals surface area contributed by atoms with Crippen LogP contribution in [-0.4, -0.2) is 48.6 Å². The summed E-state index contributed by atoms with van der Waals surface area (Å²) in [6.07, 6.45) is 1.27. The molecule has 24 heavy (non-hydrogen) atoms. The average Bonchev–Trinajstić information content (AvgIpc) is 2.98. The highest BCUT2D eigenvalue weighted by Gasteiger charge is 2.30. The standard InChI is InChI=1S/C17H16FN3O2S/c1-21(2)8-7-19-12-9-13(22)14-16(15(12)23)24-17(20-14)10-5-3-4-6-11(10)18/h3-6,9,19H,7-8H2,1-2H3. The molecule has 0 aliphatic heterocycles. The van der Waals surface area contributed by atoms with Crippen molar-refractivity contribution in [2.24, 2.45) is 0 Å². The zero-order valence-corrected chi connectivity index (χ0v) is 14.1. The van der Waals surface area contributed by atoms with Crippen molar-refractivity contribution in [2.75, 3.05) is 27.2 Å². The summed E-state index contributed by atoms with van der Waals surface area (Å²) in [5.41, 5.74) is 0.652. The second kappa shape index (κ2) is 6.62. The number of nitrogens with zero attached hydrogens (tertiary/aromatic N) is 2. The topological polar surface area (TPSA) is 62.3 Å². The summed E-state index contributed by atoms with van der Waals surface area (Å²) >= 11 is 1.05. The van der Waals surface area contributed by atoms with Crippen molar-refractivity contribution >= 4 is 22.9 Å². The van der Waals surface area contributed by atoms with E-state index in [2.05, 4.69) is 10.3 Å². The Morgan fingerprint density at radius 3 is 2.71 bits per heavy atom. The van der Waals surface area contributed by atoms with E-state index >= 15 is 0 Å². The molecule has 1 aliphatic rings. The fraction of sp³-hybridized carbons (Fsp3) is 0.235. The molecule has 0 bridgehead atoms. The van der Waals surface area contributed by atoms with E-state index in [-0.39, 0.29) is 27.8 Å². The Kier molecular flexibility index (Phi) is 4.55. The van der Waals surface area contributed by atoms with Gasteiger partial charge in [0, 0.05) is 24.7 Å². The summed E-state index contributed by atoms with van der Waals surface area (Å²) in [4.78, 5) is 31.2. The molecule has 0 unspecified atom stereocenters. The molecule has 124 valence electrons. The number of carbonyl (C=O) groups excluding carboxylic acids is 2. The second-order valence-electron chi connectivity index (χ2n) is 5.66. The molecule has 1 heterocycles. The highest BCUT2D eigenvalue weighted by atomic mass is 32.1. The van der Waals surface area contributed by atoms with Crippen LogP contribution >= 0.6 is 11.3 Å². The van der Waals surface area contributed by atoms with E-state index in [9.17, 15) is 14.0 Å². The van der Waals surface area contributed by atoms with E-state index < -0.39 is 5.82 Å². The van der Waals surface area contributed by atoms with Crippen LogP contribution in [0.1, 0.15) is 20.2 Å². The molecule has 0 saturated heterocycles. The number of carbonyl (C=O) groups is 2. The number of thiazole rings is 1. The first-order valence-electron chi connectivity index (χ1n) is 7.42. The van der Waals surface area contributed by atoms with Crippen molar-refractivity contribution in [3.63, 3.8) is 0 Å². The molecule has 1 aliphatic carbocycles. The first-order valence-corrected chi connectivity index (χ1v) is 8.24. The van der Waals surface area contributed by atoms with Crippen molar-refractivity contribution in [3.8, 4) is 10.6 Å². The molecule has 7 heteroatoms. The van der Waals surface area contributed by atoms with E-state index in [0.29, 0.717) is 17.1 Å². The van der Waals surface area contributed by atoms with Gasteiger partial charge in [0.2, 0.25) is 11.6 Å². The Morgan fingerprint density at radius 1 is 1.25 bits per heavy atom. The Labute approximate surface area is 142 Å². The molecule has 2 aromatic rings. The average molecular weight is 345 g/mol. The van der Waals surface area contributed by atoms with Gasteiger partial charge in [-0.3, -0.25) is 9.59 Å². The number of ketones is 2. The Bertz CT molecular complexity index is 842. The lowest BCUT2D eigenvalue weighted by atomic mass is 10.0. The first-order chi connectivity index (χ1) is 11.5. The molecule has 1 N–H and O–H groups in total. The van der Waals surface area contributed by atoms with Gasteiger partial charge in [0.1, 0.15) is 21.4 Å². The summed E-state index contributed by atoms with van der Waals surface area (Å²) in [7, 11) is 3.85. The first kappa shape index (κ1) is 16.5. The van der Waals surface area contributed by atoms with Crippen LogP contribution in [0.4, 0.5) is 4.39 Å². The van der Waals surface area contributed by atoms with E-state index in [1.807, 2.05) is 19.0 Å². The Balaban J connectivity index is 1.89. The summed E-state index contributed by atoms with van der Waals surface area (Å²) in [5, 5.41) is 3.32. The van der Waals surface area contributed by atoms with Crippen LogP contribution in [0.2, 0.25) is 0 Å². The summed E-state index contributed by atoms with van der Waals surface area (Å²) in [5.74, 6) is -1.04. The van der Waals surface area contributed by atoms with Crippen LogP contribution in [0, 0.1) is 5.82 Å². The minimum atomic E-state index is -0.430. The molecule has 1 aromatic carbocycles. The second-order valence-corrected chi connectivity index (χ2v) is 6.66. The number of Topliss-reactive ketones (excluding diaryl/α,β-unsaturated/α-hetero) is 1. The fourth-order valence-corrected chi connectivity index (χ4v) is 3.38. The van der Waals surface area contributed by atoms with Crippen LogP contribution < -0.4 is 5.32 Å². The molecule has 0 spiro atoms. The maximum absolute atomic E-state index is 13.9. The number of fused-ring (bicyclic) bond motifs is 1. The van der Waals surface area contributed by atoms with Gasteiger partial charge in [0.15, 0.2) is 0 Å². The highest BCUT2D eigenvalue weighted by molar-refractivity contribution is 7.17. The molecular weight excluding hydrogens is 329 g/mol. The van der Waals surface area contributed by atoms with Crippen LogP contribution in [0.15, 0.2) is 36.0 Å². The van der Waals surface area contributed by atoms with Crippen molar-refractivity contribution in [2.45, 2.75) is 0 Å². The van der Waals surface area contributed by atoms with E-state index in [1.54, 1.807) is 18.2 Å². The van der Waals surface area contributed by atoms with Gasteiger partial charge in [0.25, 0.3) is 0 Å². The van der Waals surface area contributed by atoms with Gasteiger partial charge in [-0.15, -0.1) is 11.3 Å². The Hall–Kier alpha value is -2.38. The van der Waals surface area contributed by atoms with Gasteiger partial charge in [0.05, 0.1) is 5.70 Å². The van der Waals surface area contributed by atoms with Gasteiger partial charge >= 0.3 is 0 Å². The fourth-order valence-electron chi connectivity index (χ4n) is 2.32. The molecule has 0 atom stereocenters. The van der Waals surface area contributed by atoms with E-state index in [0.717, 1.165) is 17.9 Å². The number of hydrogen-bond acceptors (Lipinski definition) is 6. The van der Waals surface area contributed by atoms with Crippen LogP contribution in [0.25, 0.3) is 10.6 Å².